The largest absolute Gasteiger partial charge is 0.338 e. The third-order valence-electron chi connectivity index (χ3n) is 2.44. The fourth-order valence-electron chi connectivity index (χ4n) is 1.48. The predicted octanol–water partition coefficient (Wildman–Crippen LogP) is 1.65. The number of amides is 1. The Kier molecular flexibility index (Phi) is 4.95. The van der Waals surface area contributed by atoms with E-state index in [1.54, 1.807) is 11.9 Å². The normalized spacial score (nSPS) is 10.4. The third kappa shape index (κ3) is 4.00. The molecular formula is C11H20N4O. The Hall–Kier alpha value is -1.39. The molecule has 90 valence electrons. The van der Waals surface area contributed by atoms with E-state index in [0.717, 1.165) is 25.1 Å². The molecule has 0 unspecified atom stereocenters. The monoisotopic (exact) mass is 224 g/mol. The van der Waals surface area contributed by atoms with E-state index in [0.29, 0.717) is 18.8 Å². The van der Waals surface area contributed by atoms with Crippen LogP contribution < -0.4 is 0 Å². The van der Waals surface area contributed by atoms with Gasteiger partial charge in [-0.1, -0.05) is 19.8 Å². The molecule has 0 aromatic carbocycles. The first kappa shape index (κ1) is 12.7. The summed E-state index contributed by atoms with van der Waals surface area (Å²) in [4.78, 5) is 17.5. The lowest BCUT2D eigenvalue weighted by Gasteiger charge is -2.14. The Morgan fingerprint density at radius 3 is 2.75 bits per heavy atom. The van der Waals surface area contributed by atoms with Gasteiger partial charge in [-0.15, -0.1) is 0 Å². The SMILES string of the molecule is CCCCCC(=O)N(C)Cc1n[nH]c(C)n1. The number of aromatic amines is 1. The van der Waals surface area contributed by atoms with Crippen molar-refractivity contribution in [2.24, 2.45) is 0 Å². The quantitative estimate of drug-likeness (QED) is 0.747. The molecule has 0 radical (unpaired) electrons. The van der Waals surface area contributed by atoms with E-state index in [4.69, 9.17) is 0 Å². The summed E-state index contributed by atoms with van der Waals surface area (Å²) >= 11 is 0. The van der Waals surface area contributed by atoms with E-state index in [9.17, 15) is 4.79 Å². The topological polar surface area (TPSA) is 61.9 Å². The minimum Gasteiger partial charge on any atom is -0.338 e. The van der Waals surface area contributed by atoms with E-state index >= 15 is 0 Å². The summed E-state index contributed by atoms with van der Waals surface area (Å²) in [5, 5.41) is 6.77. The molecule has 0 aliphatic rings. The number of nitrogens with zero attached hydrogens (tertiary/aromatic N) is 3. The molecule has 0 atom stereocenters. The molecule has 1 aromatic heterocycles. The average molecular weight is 224 g/mol. The van der Waals surface area contributed by atoms with Crippen molar-refractivity contribution < 1.29 is 4.79 Å². The van der Waals surface area contributed by atoms with Crippen molar-refractivity contribution >= 4 is 5.91 Å². The van der Waals surface area contributed by atoms with Gasteiger partial charge in [-0.2, -0.15) is 5.10 Å². The maximum Gasteiger partial charge on any atom is 0.222 e. The maximum atomic E-state index is 11.7. The van der Waals surface area contributed by atoms with Crippen LogP contribution in [0.4, 0.5) is 0 Å². The number of aryl methyl sites for hydroxylation is 1. The van der Waals surface area contributed by atoms with Gasteiger partial charge in [-0.05, 0) is 13.3 Å². The van der Waals surface area contributed by atoms with Crippen LogP contribution in [0.2, 0.25) is 0 Å². The number of unbranched alkanes of at least 4 members (excludes halogenated alkanes) is 2. The highest BCUT2D eigenvalue weighted by Gasteiger charge is 2.10. The van der Waals surface area contributed by atoms with Crippen molar-refractivity contribution in [3.8, 4) is 0 Å². The van der Waals surface area contributed by atoms with Gasteiger partial charge in [-0.25, -0.2) is 4.98 Å². The van der Waals surface area contributed by atoms with Gasteiger partial charge in [-0.3, -0.25) is 9.89 Å². The summed E-state index contributed by atoms with van der Waals surface area (Å²) in [5.74, 6) is 1.61. The molecular weight excluding hydrogens is 204 g/mol. The third-order valence-corrected chi connectivity index (χ3v) is 2.44. The molecule has 0 saturated carbocycles. The number of carbonyl (C=O) groups excluding carboxylic acids is 1. The highest BCUT2D eigenvalue weighted by molar-refractivity contribution is 5.75. The lowest BCUT2D eigenvalue weighted by molar-refractivity contribution is -0.130. The fraction of sp³-hybridized carbons (Fsp3) is 0.727. The summed E-state index contributed by atoms with van der Waals surface area (Å²) in [5.41, 5.74) is 0. The molecule has 0 saturated heterocycles. The maximum absolute atomic E-state index is 11.7. The van der Waals surface area contributed by atoms with Crippen molar-refractivity contribution in [2.45, 2.75) is 46.1 Å². The standard InChI is InChI=1S/C11H20N4O/c1-4-5-6-7-11(16)15(3)8-10-12-9(2)13-14-10/h4-8H2,1-3H3,(H,12,13,14). The Labute approximate surface area is 96.3 Å². The van der Waals surface area contributed by atoms with Gasteiger partial charge in [0.05, 0.1) is 6.54 Å². The van der Waals surface area contributed by atoms with Gasteiger partial charge < -0.3 is 4.90 Å². The van der Waals surface area contributed by atoms with E-state index in [1.807, 2.05) is 6.92 Å². The molecule has 5 nitrogen and oxygen atoms in total. The lowest BCUT2D eigenvalue weighted by Crippen LogP contribution is -2.26. The molecule has 1 N–H and O–H groups in total. The van der Waals surface area contributed by atoms with Crippen LogP contribution in [0.1, 0.15) is 44.3 Å². The van der Waals surface area contributed by atoms with E-state index in [-0.39, 0.29) is 5.91 Å². The molecule has 1 heterocycles. The molecule has 0 fully saturated rings. The first-order valence-electron chi connectivity index (χ1n) is 5.75. The summed E-state index contributed by atoms with van der Waals surface area (Å²) in [7, 11) is 1.79. The van der Waals surface area contributed by atoms with Crippen LogP contribution in [0.25, 0.3) is 0 Å². The Morgan fingerprint density at radius 2 is 2.19 bits per heavy atom. The minimum absolute atomic E-state index is 0.163. The second-order valence-electron chi connectivity index (χ2n) is 4.04. The number of rotatable bonds is 6. The van der Waals surface area contributed by atoms with Crippen molar-refractivity contribution in [1.82, 2.24) is 20.1 Å². The molecule has 1 aromatic rings. The minimum atomic E-state index is 0.163. The van der Waals surface area contributed by atoms with Crippen LogP contribution >= 0.6 is 0 Å². The Bertz CT molecular complexity index is 334. The predicted molar refractivity (Wildman–Crippen MR) is 61.7 cm³/mol. The van der Waals surface area contributed by atoms with Crippen molar-refractivity contribution in [2.75, 3.05) is 7.05 Å². The second-order valence-corrected chi connectivity index (χ2v) is 4.04. The summed E-state index contributed by atoms with van der Waals surface area (Å²) in [6.07, 6.45) is 3.83. The number of carbonyl (C=O) groups is 1. The van der Waals surface area contributed by atoms with E-state index in [1.165, 1.54) is 0 Å². The summed E-state index contributed by atoms with van der Waals surface area (Å²) in [6, 6.07) is 0. The van der Waals surface area contributed by atoms with Crippen LogP contribution in [0.3, 0.4) is 0 Å². The zero-order valence-corrected chi connectivity index (χ0v) is 10.3. The van der Waals surface area contributed by atoms with Crippen LogP contribution in [0.15, 0.2) is 0 Å². The molecule has 0 bridgehead atoms. The molecule has 5 heteroatoms. The highest BCUT2D eigenvalue weighted by Crippen LogP contribution is 2.04. The molecule has 1 amide bonds. The second kappa shape index (κ2) is 6.25. The fourth-order valence-corrected chi connectivity index (χ4v) is 1.48. The molecule has 1 rings (SSSR count). The first-order chi connectivity index (χ1) is 7.63. The van der Waals surface area contributed by atoms with Gasteiger partial charge in [0.2, 0.25) is 5.91 Å². The number of H-pyrrole nitrogens is 1. The zero-order chi connectivity index (χ0) is 12.0. The highest BCUT2D eigenvalue weighted by atomic mass is 16.2. The number of hydrogen-bond donors (Lipinski definition) is 1. The number of aromatic nitrogens is 3. The summed E-state index contributed by atoms with van der Waals surface area (Å²) in [6.45, 7) is 4.46. The lowest BCUT2D eigenvalue weighted by atomic mass is 10.2. The van der Waals surface area contributed by atoms with Gasteiger partial charge in [0.15, 0.2) is 5.82 Å². The number of hydrogen-bond acceptors (Lipinski definition) is 3. The van der Waals surface area contributed by atoms with Crippen LogP contribution in [-0.4, -0.2) is 33.0 Å². The van der Waals surface area contributed by atoms with E-state index < -0.39 is 0 Å². The van der Waals surface area contributed by atoms with Gasteiger partial charge >= 0.3 is 0 Å². The molecule has 16 heavy (non-hydrogen) atoms. The zero-order valence-electron chi connectivity index (χ0n) is 10.3. The first-order valence-corrected chi connectivity index (χ1v) is 5.75. The van der Waals surface area contributed by atoms with Gasteiger partial charge in [0, 0.05) is 13.5 Å². The Morgan fingerprint density at radius 1 is 1.44 bits per heavy atom. The Balaban J connectivity index is 2.34. The van der Waals surface area contributed by atoms with Crippen LogP contribution in [-0.2, 0) is 11.3 Å². The summed E-state index contributed by atoms with van der Waals surface area (Å²) < 4.78 is 0. The van der Waals surface area contributed by atoms with Crippen molar-refractivity contribution in [3.05, 3.63) is 11.6 Å². The average Bonchev–Trinajstić information content (AvgIpc) is 2.64. The smallest absolute Gasteiger partial charge is 0.222 e. The van der Waals surface area contributed by atoms with Gasteiger partial charge in [0.1, 0.15) is 5.82 Å². The van der Waals surface area contributed by atoms with Crippen molar-refractivity contribution in [3.63, 3.8) is 0 Å². The van der Waals surface area contributed by atoms with Crippen LogP contribution in [0.5, 0.6) is 0 Å². The van der Waals surface area contributed by atoms with Gasteiger partial charge in [0.25, 0.3) is 0 Å². The molecule has 0 aliphatic carbocycles. The van der Waals surface area contributed by atoms with Crippen molar-refractivity contribution in [1.29, 1.82) is 0 Å². The van der Waals surface area contributed by atoms with Crippen LogP contribution in [0, 0.1) is 6.92 Å². The molecule has 0 spiro atoms. The van der Waals surface area contributed by atoms with E-state index in [2.05, 4.69) is 22.1 Å². The number of nitrogens with one attached hydrogen (secondary N) is 1. The molecule has 0 aliphatic heterocycles.